The summed E-state index contributed by atoms with van der Waals surface area (Å²) in [5.41, 5.74) is 0. The van der Waals surface area contributed by atoms with Crippen LogP contribution in [0.15, 0.2) is 17.5 Å². The molecule has 0 spiro atoms. The van der Waals surface area contributed by atoms with Crippen molar-refractivity contribution >= 4 is 17.4 Å². The van der Waals surface area contributed by atoms with Crippen molar-refractivity contribution in [2.45, 2.75) is 31.7 Å². The third kappa shape index (κ3) is 4.25. The molecule has 1 atom stereocenters. The second-order valence-electron chi connectivity index (χ2n) is 6.57. The highest BCUT2D eigenvalue weighted by Crippen LogP contribution is 2.28. The minimum Gasteiger partial charge on any atom is -0.396 e. The minimum atomic E-state index is 0.0437. The average Bonchev–Trinajstić information content (AvgIpc) is 3.29. The molecule has 23 heavy (non-hydrogen) atoms. The monoisotopic (exact) mass is 337 g/mol. The van der Waals surface area contributed by atoms with E-state index < -0.39 is 0 Å². The van der Waals surface area contributed by atoms with E-state index in [-0.39, 0.29) is 12.6 Å². The molecule has 1 aromatic rings. The fourth-order valence-corrected chi connectivity index (χ4v) is 4.42. The van der Waals surface area contributed by atoms with Crippen molar-refractivity contribution in [3.8, 4) is 0 Å². The Morgan fingerprint density at radius 3 is 2.65 bits per heavy atom. The van der Waals surface area contributed by atoms with E-state index in [1.807, 2.05) is 4.90 Å². The fourth-order valence-electron chi connectivity index (χ4n) is 3.56. The Balaban J connectivity index is 1.53. The van der Waals surface area contributed by atoms with Crippen LogP contribution in [0.4, 0.5) is 4.79 Å². The summed E-state index contributed by atoms with van der Waals surface area (Å²) in [5, 5.41) is 14.4. The predicted molar refractivity (Wildman–Crippen MR) is 92.6 cm³/mol. The van der Waals surface area contributed by atoms with E-state index in [1.54, 1.807) is 11.3 Å². The van der Waals surface area contributed by atoms with Crippen LogP contribution in [0.5, 0.6) is 0 Å². The number of nitrogens with zero attached hydrogens (tertiary/aromatic N) is 2. The van der Waals surface area contributed by atoms with E-state index in [1.165, 1.54) is 17.7 Å². The summed E-state index contributed by atoms with van der Waals surface area (Å²) in [7, 11) is 0. The number of rotatable bonds is 5. The normalized spacial score (nSPS) is 21.5. The number of aliphatic hydroxyl groups is 1. The molecule has 0 radical (unpaired) electrons. The lowest BCUT2D eigenvalue weighted by molar-refractivity contribution is 0.135. The average molecular weight is 337 g/mol. The van der Waals surface area contributed by atoms with Crippen molar-refractivity contribution in [3.63, 3.8) is 0 Å². The van der Waals surface area contributed by atoms with Crippen molar-refractivity contribution in [1.82, 2.24) is 15.1 Å². The van der Waals surface area contributed by atoms with Crippen molar-refractivity contribution in [1.29, 1.82) is 0 Å². The van der Waals surface area contributed by atoms with Gasteiger partial charge in [-0.25, -0.2) is 4.79 Å². The summed E-state index contributed by atoms with van der Waals surface area (Å²) in [6, 6.07) is 4.61. The second-order valence-corrected chi connectivity index (χ2v) is 7.55. The predicted octanol–water partition coefficient (Wildman–Crippen LogP) is 2.30. The van der Waals surface area contributed by atoms with Crippen LogP contribution in [0.1, 0.15) is 36.6 Å². The molecule has 3 rings (SSSR count). The van der Waals surface area contributed by atoms with Gasteiger partial charge in [0, 0.05) is 31.1 Å². The zero-order valence-electron chi connectivity index (χ0n) is 13.6. The van der Waals surface area contributed by atoms with Crippen LogP contribution in [0.2, 0.25) is 0 Å². The van der Waals surface area contributed by atoms with Gasteiger partial charge in [-0.15, -0.1) is 11.3 Å². The highest BCUT2D eigenvalue weighted by atomic mass is 32.1. The molecule has 5 nitrogen and oxygen atoms in total. The maximum atomic E-state index is 12.4. The molecule has 2 N–H and O–H groups in total. The van der Waals surface area contributed by atoms with Gasteiger partial charge in [0.2, 0.25) is 0 Å². The topological polar surface area (TPSA) is 55.8 Å². The van der Waals surface area contributed by atoms with E-state index >= 15 is 0 Å². The summed E-state index contributed by atoms with van der Waals surface area (Å²) < 4.78 is 0. The van der Waals surface area contributed by atoms with Crippen LogP contribution in [0.3, 0.4) is 0 Å². The molecular formula is C17H27N3O2S. The smallest absolute Gasteiger partial charge is 0.317 e. The number of urea groups is 1. The molecule has 0 aliphatic carbocycles. The SMILES string of the molecule is O=C(NC[C@H](c1cccs1)N1CCCC1)N1CCC(CO)CC1. The number of likely N-dealkylation sites (tertiary alicyclic amines) is 2. The first-order valence-electron chi connectivity index (χ1n) is 8.69. The van der Waals surface area contributed by atoms with E-state index in [4.69, 9.17) is 0 Å². The highest BCUT2D eigenvalue weighted by molar-refractivity contribution is 7.10. The van der Waals surface area contributed by atoms with Gasteiger partial charge in [0.25, 0.3) is 0 Å². The second kappa shape index (κ2) is 8.13. The first-order chi connectivity index (χ1) is 11.3. The Morgan fingerprint density at radius 2 is 2.04 bits per heavy atom. The van der Waals surface area contributed by atoms with E-state index in [9.17, 15) is 9.90 Å². The fraction of sp³-hybridized carbons (Fsp3) is 0.706. The first-order valence-corrected chi connectivity index (χ1v) is 9.57. The Labute approximate surface area is 142 Å². The third-order valence-corrected chi connectivity index (χ3v) is 6.03. The molecule has 6 heteroatoms. The van der Waals surface area contributed by atoms with Crippen LogP contribution in [-0.4, -0.2) is 60.3 Å². The van der Waals surface area contributed by atoms with Gasteiger partial charge in [0.05, 0.1) is 6.04 Å². The van der Waals surface area contributed by atoms with Gasteiger partial charge in [-0.3, -0.25) is 4.90 Å². The molecule has 2 amide bonds. The van der Waals surface area contributed by atoms with E-state index in [2.05, 4.69) is 27.7 Å². The number of aliphatic hydroxyl groups excluding tert-OH is 1. The molecule has 0 bridgehead atoms. The molecule has 2 aliphatic rings. The van der Waals surface area contributed by atoms with Gasteiger partial charge in [0.15, 0.2) is 0 Å². The molecule has 0 saturated carbocycles. The minimum absolute atomic E-state index is 0.0437. The van der Waals surface area contributed by atoms with Crippen LogP contribution in [-0.2, 0) is 0 Å². The summed E-state index contributed by atoms with van der Waals surface area (Å²) in [6.45, 7) is 4.68. The highest BCUT2D eigenvalue weighted by Gasteiger charge is 2.26. The quantitative estimate of drug-likeness (QED) is 0.867. The Bertz CT molecular complexity index is 480. The lowest BCUT2D eigenvalue weighted by atomic mass is 9.98. The summed E-state index contributed by atoms with van der Waals surface area (Å²) in [5.74, 6) is 0.363. The summed E-state index contributed by atoms with van der Waals surface area (Å²) >= 11 is 1.77. The molecule has 0 aromatic carbocycles. The number of carbonyl (C=O) groups excluding carboxylic acids is 1. The number of thiophene rings is 1. The van der Waals surface area contributed by atoms with Crippen LogP contribution in [0, 0.1) is 5.92 Å². The van der Waals surface area contributed by atoms with Crippen LogP contribution in [0.25, 0.3) is 0 Å². The van der Waals surface area contributed by atoms with Gasteiger partial charge in [0.1, 0.15) is 0 Å². The van der Waals surface area contributed by atoms with E-state index in [0.717, 1.165) is 39.0 Å². The number of carbonyl (C=O) groups is 1. The number of hydrogen-bond acceptors (Lipinski definition) is 4. The van der Waals surface area contributed by atoms with Crippen molar-refractivity contribution in [2.24, 2.45) is 5.92 Å². The molecule has 3 heterocycles. The standard InChI is InChI=1S/C17H27N3O2S/c21-13-14-5-9-20(10-6-14)17(22)18-12-15(16-4-3-11-23-16)19-7-1-2-8-19/h3-4,11,14-15,21H,1-2,5-10,12-13H2,(H,18,22)/t15-/m1/s1. The Hall–Kier alpha value is -1.11. The van der Waals surface area contributed by atoms with Crippen molar-refractivity contribution in [2.75, 3.05) is 39.3 Å². The summed E-state index contributed by atoms with van der Waals surface area (Å²) in [4.78, 5) is 18.1. The van der Waals surface area contributed by atoms with Gasteiger partial charge in [-0.2, -0.15) is 0 Å². The Morgan fingerprint density at radius 1 is 1.30 bits per heavy atom. The maximum Gasteiger partial charge on any atom is 0.317 e. The van der Waals surface area contributed by atoms with Gasteiger partial charge < -0.3 is 15.3 Å². The molecule has 2 aliphatic heterocycles. The van der Waals surface area contributed by atoms with Crippen LogP contribution < -0.4 is 5.32 Å². The largest absolute Gasteiger partial charge is 0.396 e. The number of nitrogens with one attached hydrogen (secondary N) is 1. The van der Waals surface area contributed by atoms with Gasteiger partial charge in [-0.1, -0.05) is 6.07 Å². The number of amides is 2. The summed E-state index contributed by atoms with van der Waals surface area (Å²) in [6.07, 6.45) is 4.32. The first kappa shape index (κ1) is 16.7. The zero-order valence-corrected chi connectivity index (χ0v) is 14.4. The lowest BCUT2D eigenvalue weighted by Crippen LogP contribution is -2.47. The van der Waals surface area contributed by atoms with Gasteiger partial charge >= 0.3 is 6.03 Å². The van der Waals surface area contributed by atoms with Crippen LogP contribution >= 0.6 is 11.3 Å². The maximum absolute atomic E-state index is 12.4. The molecule has 0 unspecified atom stereocenters. The molecule has 1 aromatic heterocycles. The lowest BCUT2D eigenvalue weighted by Gasteiger charge is -2.32. The number of hydrogen-bond donors (Lipinski definition) is 2. The molecule has 2 saturated heterocycles. The zero-order chi connectivity index (χ0) is 16.1. The molecule has 2 fully saturated rings. The van der Waals surface area contributed by atoms with Crippen molar-refractivity contribution in [3.05, 3.63) is 22.4 Å². The van der Waals surface area contributed by atoms with Gasteiger partial charge in [-0.05, 0) is 56.1 Å². The third-order valence-electron chi connectivity index (χ3n) is 5.06. The number of piperidine rings is 1. The van der Waals surface area contributed by atoms with E-state index in [0.29, 0.717) is 18.5 Å². The molecular weight excluding hydrogens is 310 g/mol. The molecule has 128 valence electrons. The Kier molecular flexibility index (Phi) is 5.91. The van der Waals surface area contributed by atoms with Crippen molar-refractivity contribution < 1.29 is 9.90 Å².